The molecule has 0 aromatic heterocycles. The molecule has 0 aliphatic heterocycles. The fourth-order valence-corrected chi connectivity index (χ4v) is 1.58. The number of nitrogens with two attached hydrogens (primary N) is 1. The molecule has 0 spiro atoms. The maximum atomic E-state index is 12.9. The van der Waals surface area contributed by atoms with Gasteiger partial charge in [0.2, 0.25) is 0 Å². The van der Waals surface area contributed by atoms with Crippen LogP contribution in [0, 0.1) is 16.6 Å². The van der Waals surface area contributed by atoms with Gasteiger partial charge in [-0.25, -0.2) is 4.39 Å². The average Bonchev–Trinajstić information content (AvgIpc) is 2.29. The van der Waals surface area contributed by atoms with Gasteiger partial charge in [0, 0.05) is 11.5 Å². The van der Waals surface area contributed by atoms with Crippen molar-refractivity contribution in [3.63, 3.8) is 0 Å². The van der Waals surface area contributed by atoms with E-state index in [4.69, 9.17) is 27.5 Å². The Morgan fingerprint density at radius 2 is 2.17 bits per heavy atom. The van der Waals surface area contributed by atoms with Gasteiger partial charge in [0.25, 0.3) is 0 Å². The van der Waals surface area contributed by atoms with Crippen molar-refractivity contribution in [2.24, 2.45) is 11.1 Å². The van der Waals surface area contributed by atoms with Crippen molar-refractivity contribution in [1.29, 1.82) is 5.41 Å². The maximum absolute atomic E-state index is 12.9. The van der Waals surface area contributed by atoms with Gasteiger partial charge in [-0.1, -0.05) is 25.4 Å². The van der Waals surface area contributed by atoms with Crippen LogP contribution in [0.5, 0.6) is 5.75 Å². The van der Waals surface area contributed by atoms with Gasteiger partial charge in [-0.2, -0.15) is 0 Å². The SMILES string of the molecule is CC(C)(CCCOc1ccc(F)c(Cl)c1)C(=N)N. The largest absolute Gasteiger partial charge is 0.494 e. The number of benzene rings is 1. The van der Waals surface area contributed by atoms with Crippen LogP contribution in [-0.2, 0) is 0 Å². The Kier molecular flexibility index (Phi) is 4.96. The summed E-state index contributed by atoms with van der Waals surface area (Å²) in [5, 5.41) is 7.48. The molecule has 0 fully saturated rings. The van der Waals surface area contributed by atoms with E-state index in [1.54, 1.807) is 0 Å². The summed E-state index contributed by atoms with van der Waals surface area (Å²) >= 11 is 5.64. The van der Waals surface area contributed by atoms with Crippen LogP contribution >= 0.6 is 11.6 Å². The summed E-state index contributed by atoms with van der Waals surface area (Å²) in [5.41, 5.74) is 5.17. The van der Waals surface area contributed by atoms with E-state index < -0.39 is 5.82 Å². The fraction of sp³-hybridized carbons (Fsp3) is 0.462. The molecule has 0 aliphatic carbocycles. The second-order valence-electron chi connectivity index (χ2n) is 4.83. The van der Waals surface area contributed by atoms with Crippen molar-refractivity contribution >= 4 is 17.4 Å². The number of rotatable bonds is 6. The summed E-state index contributed by atoms with van der Waals surface area (Å²) in [6, 6.07) is 4.27. The van der Waals surface area contributed by atoms with Crippen molar-refractivity contribution in [2.75, 3.05) is 6.61 Å². The molecule has 0 heterocycles. The molecule has 1 aromatic rings. The number of halogens is 2. The molecule has 5 heteroatoms. The second kappa shape index (κ2) is 6.05. The second-order valence-corrected chi connectivity index (χ2v) is 5.23. The number of amidine groups is 1. The number of hydrogen-bond donors (Lipinski definition) is 2. The molecule has 3 N–H and O–H groups in total. The first-order valence-corrected chi connectivity index (χ1v) is 6.13. The van der Waals surface area contributed by atoms with Crippen LogP contribution in [0.4, 0.5) is 4.39 Å². The third-order valence-electron chi connectivity index (χ3n) is 2.84. The van der Waals surface area contributed by atoms with E-state index in [1.807, 2.05) is 13.8 Å². The molecule has 0 amide bonds. The zero-order valence-corrected chi connectivity index (χ0v) is 11.4. The van der Waals surface area contributed by atoms with Gasteiger partial charge in [0.05, 0.1) is 17.5 Å². The summed E-state index contributed by atoms with van der Waals surface area (Å²) in [7, 11) is 0. The van der Waals surface area contributed by atoms with E-state index >= 15 is 0 Å². The lowest BCUT2D eigenvalue weighted by Gasteiger charge is -2.22. The van der Waals surface area contributed by atoms with E-state index in [0.29, 0.717) is 12.4 Å². The highest BCUT2D eigenvalue weighted by atomic mass is 35.5. The fourth-order valence-electron chi connectivity index (χ4n) is 1.41. The monoisotopic (exact) mass is 272 g/mol. The minimum absolute atomic E-state index is 0.0524. The molecule has 0 aliphatic rings. The highest BCUT2D eigenvalue weighted by molar-refractivity contribution is 6.30. The summed E-state index contributed by atoms with van der Waals surface area (Å²) in [5.74, 6) is 0.260. The molecule has 18 heavy (non-hydrogen) atoms. The molecule has 0 unspecified atom stereocenters. The van der Waals surface area contributed by atoms with Crippen LogP contribution in [0.1, 0.15) is 26.7 Å². The van der Waals surface area contributed by atoms with Gasteiger partial charge in [0.15, 0.2) is 0 Å². The lowest BCUT2D eigenvalue weighted by atomic mass is 9.87. The normalized spacial score (nSPS) is 11.3. The summed E-state index contributed by atoms with van der Waals surface area (Å²) in [4.78, 5) is 0. The minimum Gasteiger partial charge on any atom is -0.494 e. The maximum Gasteiger partial charge on any atom is 0.142 e. The Bertz CT molecular complexity index is 435. The molecule has 1 aromatic carbocycles. The Balaban J connectivity index is 2.38. The van der Waals surface area contributed by atoms with Crippen LogP contribution in [0.15, 0.2) is 18.2 Å². The zero-order chi connectivity index (χ0) is 13.8. The number of ether oxygens (including phenoxy) is 1. The molecule has 0 bridgehead atoms. The molecule has 3 nitrogen and oxygen atoms in total. The standard InChI is InChI=1S/C13H18ClFN2O/c1-13(2,12(16)17)6-3-7-18-9-4-5-11(15)10(14)8-9/h4-5,8H,3,6-7H2,1-2H3,(H3,16,17). The summed E-state index contributed by atoms with van der Waals surface area (Å²) < 4.78 is 18.4. The van der Waals surface area contributed by atoms with Crippen LogP contribution in [-0.4, -0.2) is 12.4 Å². The molecule has 100 valence electrons. The summed E-state index contributed by atoms with van der Waals surface area (Å²) in [6.45, 7) is 4.33. The van der Waals surface area contributed by atoms with Crippen molar-refractivity contribution < 1.29 is 9.13 Å². The Morgan fingerprint density at radius 1 is 1.50 bits per heavy atom. The highest BCUT2D eigenvalue weighted by Crippen LogP contribution is 2.23. The Morgan fingerprint density at radius 3 is 2.72 bits per heavy atom. The summed E-state index contributed by atoms with van der Waals surface area (Å²) in [6.07, 6.45) is 1.53. The van der Waals surface area contributed by atoms with E-state index in [-0.39, 0.29) is 16.3 Å². The van der Waals surface area contributed by atoms with E-state index in [0.717, 1.165) is 12.8 Å². The first kappa shape index (κ1) is 14.8. The zero-order valence-electron chi connectivity index (χ0n) is 10.6. The van der Waals surface area contributed by atoms with Crippen LogP contribution in [0.25, 0.3) is 0 Å². The minimum atomic E-state index is -0.457. The van der Waals surface area contributed by atoms with E-state index in [2.05, 4.69) is 0 Å². The van der Waals surface area contributed by atoms with Crippen molar-refractivity contribution in [2.45, 2.75) is 26.7 Å². The Labute approximate surface area is 112 Å². The quantitative estimate of drug-likeness (QED) is 0.472. The van der Waals surface area contributed by atoms with Gasteiger partial charge in [-0.3, -0.25) is 5.41 Å². The van der Waals surface area contributed by atoms with E-state index in [9.17, 15) is 4.39 Å². The highest BCUT2D eigenvalue weighted by Gasteiger charge is 2.20. The van der Waals surface area contributed by atoms with Gasteiger partial charge >= 0.3 is 0 Å². The third-order valence-corrected chi connectivity index (χ3v) is 3.12. The predicted molar refractivity (Wildman–Crippen MR) is 71.8 cm³/mol. The van der Waals surface area contributed by atoms with Crippen molar-refractivity contribution in [1.82, 2.24) is 0 Å². The van der Waals surface area contributed by atoms with Gasteiger partial charge in [-0.15, -0.1) is 0 Å². The van der Waals surface area contributed by atoms with Crippen molar-refractivity contribution in [3.8, 4) is 5.75 Å². The molecule has 0 saturated carbocycles. The van der Waals surface area contributed by atoms with Crippen LogP contribution < -0.4 is 10.5 Å². The third kappa shape index (κ3) is 4.18. The first-order chi connectivity index (χ1) is 8.33. The molecular weight excluding hydrogens is 255 g/mol. The van der Waals surface area contributed by atoms with Crippen LogP contribution in [0.3, 0.4) is 0 Å². The molecular formula is C13H18ClFN2O. The van der Waals surface area contributed by atoms with Crippen LogP contribution in [0.2, 0.25) is 5.02 Å². The Hall–Kier alpha value is -1.29. The van der Waals surface area contributed by atoms with E-state index in [1.165, 1.54) is 18.2 Å². The molecule has 1 rings (SSSR count). The molecule has 0 saturated heterocycles. The topological polar surface area (TPSA) is 59.1 Å². The number of nitrogens with one attached hydrogen (secondary N) is 1. The lowest BCUT2D eigenvalue weighted by molar-refractivity contribution is 0.286. The number of hydrogen-bond acceptors (Lipinski definition) is 2. The first-order valence-electron chi connectivity index (χ1n) is 5.75. The molecule has 0 atom stereocenters. The van der Waals surface area contributed by atoms with Gasteiger partial charge < -0.3 is 10.5 Å². The molecule has 0 radical (unpaired) electrons. The average molecular weight is 273 g/mol. The van der Waals surface area contributed by atoms with Crippen molar-refractivity contribution in [3.05, 3.63) is 29.0 Å². The van der Waals surface area contributed by atoms with Gasteiger partial charge in [-0.05, 0) is 25.0 Å². The van der Waals surface area contributed by atoms with Gasteiger partial charge in [0.1, 0.15) is 11.6 Å². The predicted octanol–water partition coefficient (Wildman–Crippen LogP) is 3.60. The lowest BCUT2D eigenvalue weighted by Crippen LogP contribution is -2.31. The smallest absolute Gasteiger partial charge is 0.142 e.